The van der Waals surface area contributed by atoms with Gasteiger partial charge in [0, 0.05) is 26.2 Å². The average Bonchev–Trinajstić information content (AvgIpc) is 3.27. The van der Waals surface area contributed by atoms with E-state index in [1.165, 1.54) is 0 Å². The molecule has 1 spiro atoms. The molecule has 3 fully saturated rings. The second-order valence-corrected chi connectivity index (χ2v) is 9.96. The van der Waals surface area contributed by atoms with Crippen LogP contribution in [-0.2, 0) is 19.1 Å². The molecule has 3 heterocycles. The summed E-state index contributed by atoms with van der Waals surface area (Å²) in [5.41, 5.74) is -1.75. The number of nitrogens with zero attached hydrogens (tertiary/aromatic N) is 1. The molecule has 0 radical (unpaired) electrons. The van der Waals surface area contributed by atoms with Crippen LogP contribution < -0.4 is 10.6 Å². The van der Waals surface area contributed by atoms with Gasteiger partial charge in [-0.25, -0.2) is 0 Å². The average molecular weight is 452 g/mol. The lowest BCUT2D eigenvalue weighted by molar-refractivity contribution is -0.147. The number of hydrogen-bond acceptors (Lipinski definition) is 5. The number of rotatable bonds is 12. The minimum Gasteiger partial charge on any atom is -0.396 e. The van der Waals surface area contributed by atoms with Crippen LogP contribution in [-0.4, -0.2) is 71.2 Å². The molecule has 0 aromatic carbocycles. The predicted molar refractivity (Wildman–Crippen MR) is 121 cm³/mol. The van der Waals surface area contributed by atoms with Crippen molar-refractivity contribution >= 4 is 17.7 Å². The van der Waals surface area contributed by atoms with Crippen LogP contribution >= 0.6 is 0 Å². The van der Waals surface area contributed by atoms with E-state index >= 15 is 0 Å². The lowest BCUT2D eigenvalue weighted by Gasteiger charge is -2.36. The Morgan fingerprint density at radius 2 is 1.81 bits per heavy atom. The fourth-order valence-electron chi connectivity index (χ4n) is 6.11. The van der Waals surface area contributed by atoms with Crippen LogP contribution in [0.25, 0.3) is 0 Å². The fraction of sp³-hybridized carbons (Fsp3) is 0.875. The first-order valence-corrected chi connectivity index (χ1v) is 12.4. The quantitative estimate of drug-likeness (QED) is 0.391. The number of hydrogen-bond donors (Lipinski definition) is 3. The minimum absolute atomic E-state index is 0.0398. The van der Waals surface area contributed by atoms with E-state index in [0.717, 1.165) is 25.7 Å². The zero-order valence-electron chi connectivity index (χ0n) is 20.1. The third-order valence-corrected chi connectivity index (χ3v) is 7.78. The van der Waals surface area contributed by atoms with Gasteiger partial charge >= 0.3 is 0 Å². The summed E-state index contributed by atoms with van der Waals surface area (Å²) in [7, 11) is 0. The Hall–Kier alpha value is -1.67. The van der Waals surface area contributed by atoms with Gasteiger partial charge in [-0.1, -0.05) is 33.6 Å². The topological polar surface area (TPSA) is 108 Å². The van der Waals surface area contributed by atoms with E-state index in [1.54, 1.807) is 4.90 Å². The summed E-state index contributed by atoms with van der Waals surface area (Å²) in [5.74, 6) is -1.71. The molecule has 0 aromatic rings. The standard InChI is InChI=1S/C24H41N3O5/c1-5-7-8-12-26-21(30)19-24-15-16(3)23(4,32-24)17(20(29)25-11-6-2)18(24)22(31)27(19)13-9-10-14-28/h16-19,28H,5-15H2,1-4H3,(H,25,29)(H,26,30)/t16?,17-,18-,19?,23+,24?/m0/s1. The molecule has 3 N–H and O–H groups in total. The number of nitrogens with one attached hydrogen (secondary N) is 2. The van der Waals surface area contributed by atoms with Crippen molar-refractivity contribution in [1.29, 1.82) is 0 Å². The number of aliphatic hydroxyl groups excluding tert-OH is 1. The molecule has 3 amide bonds. The lowest BCUT2D eigenvalue weighted by Crippen LogP contribution is -2.56. The molecular formula is C24H41N3O5. The highest BCUT2D eigenvalue weighted by molar-refractivity contribution is 5.99. The molecule has 2 bridgehead atoms. The van der Waals surface area contributed by atoms with E-state index < -0.39 is 29.1 Å². The van der Waals surface area contributed by atoms with Crippen LogP contribution in [0.3, 0.4) is 0 Å². The summed E-state index contributed by atoms with van der Waals surface area (Å²) in [6.45, 7) is 9.62. The van der Waals surface area contributed by atoms with Crippen molar-refractivity contribution in [3.63, 3.8) is 0 Å². The van der Waals surface area contributed by atoms with Crippen LogP contribution in [0.5, 0.6) is 0 Å². The smallest absolute Gasteiger partial charge is 0.245 e. The first-order valence-electron chi connectivity index (χ1n) is 12.4. The molecule has 182 valence electrons. The van der Waals surface area contributed by atoms with Crippen molar-refractivity contribution in [2.75, 3.05) is 26.2 Å². The number of carbonyl (C=O) groups is 3. The molecule has 3 rings (SSSR count). The Bertz CT molecular complexity index is 716. The zero-order valence-corrected chi connectivity index (χ0v) is 20.1. The van der Waals surface area contributed by atoms with Crippen LogP contribution in [0, 0.1) is 17.8 Å². The molecule has 3 unspecified atom stereocenters. The van der Waals surface area contributed by atoms with Crippen LogP contribution in [0.1, 0.15) is 72.6 Å². The molecule has 0 aliphatic carbocycles. The van der Waals surface area contributed by atoms with Crippen molar-refractivity contribution in [2.24, 2.45) is 17.8 Å². The molecule has 0 saturated carbocycles. The number of aliphatic hydroxyl groups is 1. The highest BCUT2D eigenvalue weighted by Gasteiger charge is 2.79. The third kappa shape index (κ3) is 4.04. The SMILES string of the molecule is CCCCCNC(=O)C1N(CCCCO)C(=O)[C@@H]2[C@@H](C(=O)NCCC)[C@]3(C)OC12CC3C. The Balaban J connectivity index is 1.93. The molecule has 3 aliphatic heterocycles. The first kappa shape index (κ1) is 25.0. The van der Waals surface area contributed by atoms with Gasteiger partial charge < -0.3 is 25.4 Å². The molecule has 32 heavy (non-hydrogen) atoms. The minimum atomic E-state index is -0.979. The summed E-state index contributed by atoms with van der Waals surface area (Å²) < 4.78 is 6.63. The van der Waals surface area contributed by atoms with Gasteiger partial charge in [0.1, 0.15) is 11.6 Å². The lowest BCUT2D eigenvalue weighted by atomic mass is 9.62. The Kier molecular flexibility index (Phi) is 7.86. The number of fused-ring (bicyclic) bond motifs is 1. The van der Waals surface area contributed by atoms with E-state index in [0.29, 0.717) is 38.9 Å². The van der Waals surface area contributed by atoms with E-state index in [-0.39, 0.29) is 30.2 Å². The fourth-order valence-corrected chi connectivity index (χ4v) is 6.11. The van der Waals surface area contributed by atoms with E-state index in [1.807, 2.05) is 13.8 Å². The van der Waals surface area contributed by atoms with Gasteiger partial charge in [0.25, 0.3) is 0 Å². The van der Waals surface area contributed by atoms with Gasteiger partial charge in [-0.2, -0.15) is 0 Å². The molecule has 0 aromatic heterocycles. The summed E-state index contributed by atoms with van der Waals surface area (Å²) in [5, 5.41) is 15.2. The zero-order chi connectivity index (χ0) is 23.5. The molecular weight excluding hydrogens is 410 g/mol. The first-order chi connectivity index (χ1) is 15.3. The molecule has 3 saturated heterocycles. The summed E-state index contributed by atoms with van der Waals surface area (Å²) in [6, 6.07) is -0.742. The Morgan fingerprint density at radius 1 is 1.09 bits per heavy atom. The maximum Gasteiger partial charge on any atom is 0.245 e. The number of amides is 3. The summed E-state index contributed by atoms with van der Waals surface area (Å²) in [4.78, 5) is 42.0. The van der Waals surface area contributed by atoms with Crippen LogP contribution in [0.15, 0.2) is 0 Å². The van der Waals surface area contributed by atoms with Gasteiger partial charge in [-0.15, -0.1) is 0 Å². The van der Waals surface area contributed by atoms with Gasteiger partial charge in [0.05, 0.1) is 17.4 Å². The van der Waals surface area contributed by atoms with Crippen molar-refractivity contribution < 1.29 is 24.2 Å². The van der Waals surface area contributed by atoms with Gasteiger partial charge in [0.15, 0.2) is 0 Å². The Labute approximate surface area is 191 Å². The number of ether oxygens (including phenoxy) is 1. The number of likely N-dealkylation sites (tertiary alicyclic amines) is 1. The monoisotopic (exact) mass is 451 g/mol. The molecule has 8 nitrogen and oxygen atoms in total. The van der Waals surface area contributed by atoms with Gasteiger partial charge in [-0.3, -0.25) is 14.4 Å². The van der Waals surface area contributed by atoms with Crippen LogP contribution in [0.2, 0.25) is 0 Å². The van der Waals surface area contributed by atoms with Crippen molar-refractivity contribution in [3.8, 4) is 0 Å². The second kappa shape index (κ2) is 10.1. The van der Waals surface area contributed by atoms with Crippen molar-refractivity contribution in [1.82, 2.24) is 15.5 Å². The second-order valence-electron chi connectivity index (χ2n) is 9.96. The molecule has 8 heteroatoms. The Morgan fingerprint density at radius 3 is 2.47 bits per heavy atom. The molecule has 6 atom stereocenters. The van der Waals surface area contributed by atoms with Crippen molar-refractivity contribution in [3.05, 3.63) is 0 Å². The van der Waals surface area contributed by atoms with Crippen LogP contribution in [0.4, 0.5) is 0 Å². The van der Waals surface area contributed by atoms with Gasteiger partial charge in [0.2, 0.25) is 17.7 Å². The van der Waals surface area contributed by atoms with Gasteiger partial charge in [-0.05, 0) is 44.9 Å². The largest absolute Gasteiger partial charge is 0.396 e. The van der Waals surface area contributed by atoms with E-state index in [4.69, 9.17) is 4.74 Å². The number of carbonyl (C=O) groups excluding carboxylic acids is 3. The highest BCUT2D eigenvalue weighted by Crippen LogP contribution is 2.65. The predicted octanol–water partition coefficient (Wildman–Crippen LogP) is 1.60. The van der Waals surface area contributed by atoms with Crippen molar-refractivity contribution in [2.45, 2.75) is 89.9 Å². The summed E-state index contributed by atoms with van der Waals surface area (Å²) >= 11 is 0. The maximum atomic E-state index is 13.7. The normalized spacial score (nSPS) is 35.3. The maximum absolute atomic E-state index is 13.7. The molecule has 3 aliphatic rings. The highest BCUT2D eigenvalue weighted by atomic mass is 16.5. The van der Waals surface area contributed by atoms with E-state index in [9.17, 15) is 19.5 Å². The third-order valence-electron chi connectivity index (χ3n) is 7.78. The van der Waals surface area contributed by atoms with E-state index in [2.05, 4.69) is 24.5 Å². The number of unbranched alkanes of at least 4 members (excludes halogenated alkanes) is 3. The summed E-state index contributed by atoms with van der Waals surface area (Å²) in [6.07, 6.45) is 5.53.